The Kier molecular flexibility index (Phi) is 3.40. The molecule has 0 bridgehead atoms. The van der Waals surface area contributed by atoms with Gasteiger partial charge < -0.3 is 10.0 Å². The highest BCUT2D eigenvalue weighted by molar-refractivity contribution is 5.79. The van der Waals surface area contributed by atoms with Gasteiger partial charge in [0.2, 0.25) is 5.91 Å². The number of carbonyl (C=O) groups excluding carboxylic acids is 1. The Bertz CT molecular complexity index is 325. The molecule has 4 heteroatoms. The van der Waals surface area contributed by atoms with Gasteiger partial charge in [0.05, 0.1) is 5.41 Å². The normalized spacial score (nSPS) is 29.8. The predicted octanol–water partition coefficient (Wildman–Crippen LogP) is 1.89. The Morgan fingerprint density at radius 1 is 1.35 bits per heavy atom. The molecule has 96 valence electrons. The summed E-state index contributed by atoms with van der Waals surface area (Å²) >= 11 is 0. The number of nitrogens with zero attached hydrogens (tertiary/aromatic N) is 1. The van der Waals surface area contributed by atoms with Crippen molar-refractivity contribution in [1.82, 2.24) is 4.90 Å². The maximum atomic E-state index is 12.0. The Morgan fingerprint density at radius 2 is 2.06 bits per heavy atom. The van der Waals surface area contributed by atoms with Crippen molar-refractivity contribution in [3.63, 3.8) is 0 Å². The molecule has 1 atom stereocenters. The molecule has 0 aromatic rings. The van der Waals surface area contributed by atoms with Crippen molar-refractivity contribution in [3.8, 4) is 0 Å². The lowest BCUT2D eigenvalue weighted by molar-refractivity contribution is -0.153. The average Bonchev–Trinajstić information content (AvgIpc) is 2.23. The largest absolute Gasteiger partial charge is 0.481 e. The van der Waals surface area contributed by atoms with Crippen LogP contribution in [0.1, 0.15) is 45.4 Å². The molecule has 0 spiro atoms. The fourth-order valence-corrected chi connectivity index (χ4v) is 2.70. The van der Waals surface area contributed by atoms with E-state index < -0.39 is 11.4 Å². The number of carbonyl (C=O) groups is 2. The fourth-order valence-electron chi connectivity index (χ4n) is 2.70. The van der Waals surface area contributed by atoms with Crippen LogP contribution in [0.2, 0.25) is 0 Å². The van der Waals surface area contributed by atoms with Gasteiger partial charge in [-0.15, -0.1) is 0 Å². The first-order valence-electron chi connectivity index (χ1n) is 6.52. The summed E-state index contributed by atoms with van der Waals surface area (Å²) in [4.78, 5) is 25.0. The number of aliphatic carboxylic acids is 1. The van der Waals surface area contributed by atoms with Gasteiger partial charge >= 0.3 is 5.97 Å². The predicted molar refractivity (Wildman–Crippen MR) is 63.5 cm³/mol. The third-order valence-corrected chi connectivity index (χ3v) is 4.25. The zero-order chi connectivity index (χ0) is 12.5. The first-order valence-corrected chi connectivity index (χ1v) is 6.52. The number of amides is 1. The van der Waals surface area contributed by atoms with Crippen LogP contribution in [0.3, 0.4) is 0 Å². The molecular weight excluding hydrogens is 218 g/mol. The van der Waals surface area contributed by atoms with Crippen molar-refractivity contribution in [3.05, 3.63) is 0 Å². The number of piperidine rings is 1. The smallest absolute Gasteiger partial charge is 0.311 e. The summed E-state index contributed by atoms with van der Waals surface area (Å²) in [5, 5.41) is 9.20. The summed E-state index contributed by atoms with van der Waals surface area (Å²) < 4.78 is 0. The summed E-state index contributed by atoms with van der Waals surface area (Å²) in [5.74, 6) is -0.0685. The number of carboxylic acids is 1. The summed E-state index contributed by atoms with van der Waals surface area (Å²) in [7, 11) is 0. The van der Waals surface area contributed by atoms with Gasteiger partial charge in [-0.25, -0.2) is 0 Å². The molecule has 1 aliphatic carbocycles. The maximum Gasteiger partial charge on any atom is 0.311 e. The van der Waals surface area contributed by atoms with Gasteiger partial charge in [-0.1, -0.05) is 6.42 Å². The zero-order valence-electron chi connectivity index (χ0n) is 10.4. The van der Waals surface area contributed by atoms with E-state index in [4.69, 9.17) is 0 Å². The molecule has 17 heavy (non-hydrogen) atoms. The van der Waals surface area contributed by atoms with Gasteiger partial charge in [0.15, 0.2) is 0 Å². The monoisotopic (exact) mass is 239 g/mol. The van der Waals surface area contributed by atoms with Gasteiger partial charge in [-0.3, -0.25) is 9.59 Å². The van der Waals surface area contributed by atoms with Crippen molar-refractivity contribution in [2.45, 2.75) is 45.4 Å². The van der Waals surface area contributed by atoms with Crippen LogP contribution in [0.5, 0.6) is 0 Å². The quantitative estimate of drug-likeness (QED) is 0.818. The number of carboxylic acid groups (broad SMARTS) is 1. The number of hydrogen-bond acceptors (Lipinski definition) is 2. The van der Waals surface area contributed by atoms with Crippen LogP contribution in [-0.2, 0) is 9.59 Å². The van der Waals surface area contributed by atoms with E-state index in [-0.39, 0.29) is 5.91 Å². The minimum absolute atomic E-state index is 0.155. The molecule has 4 nitrogen and oxygen atoms in total. The first-order chi connectivity index (χ1) is 8.01. The number of rotatable bonds is 3. The van der Waals surface area contributed by atoms with Crippen LogP contribution in [0.15, 0.2) is 0 Å². The SMILES string of the molecule is CC1(C(=O)O)CCCN(C(=O)CC2CCC2)C1. The highest BCUT2D eigenvalue weighted by atomic mass is 16.4. The molecule has 1 unspecified atom stereocenters. The van der Waals surface area contributed by atoms with Crippen LogP contribution in [0, 0.1) is 11.3 Å². The first kappa shape index (κ1) is 12.4. The van der Waals surface area contributed by atoms with E-state index in [1.54, 1.807) is 11.8 Å². The number of hydrogen-bond donors (Lipinski definition) is 1. The molecule has 2 fully saturated rings. The van der Waals surface area contributed by atoms with Crippen molar-refractivity contribution in [1.29, 1.82) is 0 Å². The van der Waals surface area contributed by atoms with Gasteiger partial charge in [-0.2, -0.15) is 0 Å². The molecular formula is C13H21NO3. The molecule has 0 aromatic heterocycles. The molecule has 1 heterocycles. The minimum atomic E-state index is -0.779. The van der Waals surface area contributed by atoms with E-state index in [2.05, 4.69) is 0 Å². The Morgan fingerprint density at radius 3 is 2.59 bits per heavy atom. The molecule has 0 aromatic carbocycles. The van der Waals surface area contributed by atoms with Gasteiger partial charge in [0, 0.05) is 19.5 Å². The second kappa shape index (κ2) is 4.67. The third kappa shape index (κ3) is 2.61. The van der Waals surface area contributed by atoms with Crippen LogP contribution in [0.25, 0.3) is 0 Å². The molecule has 1 saturated carbocycles. The lowest BCUT2D eigenvalue weighted by atomic mass is 9.80. The van der Waals surface area contributed by atoms with Gasteiger partial charge in [-0.05, 0) is 38.5 Å². The lowest BCUT2D eigenvalue weighted by Gasteiger charge is -2.38. The van der Waals surface area contributed by atoms with E-state index in [9.17, 15) is 14.7 Å². The lowest BCUT2D eigenvalue weighted by Crippen LogP contribution is -2.48. The number of likely N-dealkylation sites (tertiary alicyclic amines) is 1. The molecule has 1 amide bonds. The van der Waals surface area contributed by atoms with Crippen LogP contribution in [-0.4, -0.2) is 35.0 Å². The summed E-state index contributed by atoms with van der Waals surface area (Å²) in [6, 6.07) is 0. The minimum Gasteiger partial charge on any atom is -0.481 e. The Hall–Kier alpha value is -1.06. The van der Waals surface area contributed by atoms with Crippen LogP contribution >= 0.6 is 0 Å². The highest BCUT2D eigenvalue weighted by Gasteiger charge is 2.39. The molecule has 1 aliphatic heterocycles. The van der Waals surface area contributed by atoms with Crippen molar-refractivity contribution in [2.24, 2.45) is 11.3 Å². The molecule has 1 N–H and O–H groups in total. The second-order valence-electron chi connectivity index (χ2n) is 5.79. The van der Waals surface area contributed by atoms with Crippen molar-refractivity contribution in [2.75, 3.05) is 13.1 Å². The molecule has 0 radical (unpaired) electrons. The van der Waals surface area contributed by atoms with E-state index in [0.717, 1.165) is 25.8 Å². The topological polar surface area (TPSA) is 57.6 Å². The third-order valence-electron chi connectivity index (χ3n) is 4.25. The molecule has 1 saturated heterocycles. The molecule has 2 aliphatic rings. The van der Waals surface area contributed by atoms with E-state index in [0.29, 0.717) is 25.3 Å². The second-order valence-corrected chi connectivity index (χ2v) is 5.79. The molecule has 2 rings (SSSR count). The Balaban J connectivity index is 1.91. The summed E-state index contributed by atoms with van der Waals surface area (Å²) in [5.41, 5.74) is -0.743. The van der Waals surface area contributed by atoms with E-state index in [1.165, 1.54) is 6.42 Å². The summed E-state index contributed by atoms with van der Waals surface area (Å²) in [6.45, 7) is 2.86. The van der Waals surface area contributed by atoms with Crippen LogP contribution in [0.4, 0.5) is 0 Å². The zero-order valence-corrected chi connectivity index (χ0v) is 10.4. The summed E-state index contributed by atoms with van der Waals surface area (Å²) in [6.07, 6.45) is 5.67. The fraction of sp³-hybridized carbons (Fsp3) is 0.846. The van der Waals surface area contributed by atoms with Crippen molar-refractivity contribution >= 4 is 11.9 Å². The van der Waals surface area contributed by atoms with Gasteiger partial charge in [0.25, 0.3) is 0 Å². The van der Waals surface area contributed by atoms with E-state index in [1.807, 2.05) is 0 Å². The van der Waals surface area contributed by atoms with E-state index >= 15 is 0 Å². The van der Waals surface area contributed by atoms with Crippen molar-refractivity contribution < 1.29 is 14.7 Å². The highest BCUT2D eigenvalue weighted by Crippen LogP contribution is 2.33. The maximum absolute atomic E-state index is 12.0. The van der Waals surface area contributed by atoms with Crippen LogP contribution < -0.4 is 0 Å². The average molecular weight is 239 g/mol. The van der Waals surface area contributed by atoms with Gasteiger partial charge in [0.1, 0.15) is 0 Å². The standard InChI is InChI=1S/C13H21NO3/c1-13(12(16)17)6-3-7-14(9-13)11(15)8-10-4-2-5-10/h10H,2-9H2,1H3,(H,16,17). The Labute approximate surface area is 102 Å².